The number of hydrogen-bond acceptors (Lipinski definition) is 5. The lowest BCUT2D eigenvalue weighted by molar-refractivity contribution is -0.137. The summed E-state index contributed by atoms with van der Waals surface area (Å²) in [6.07, 6.45) is 3.90. The van der Waals surface area contributed by atoms with Gasteiger partial charge in [0.25, 0.3) is 0 Å². The van der Waals surface area contributed by atoms with Gasteiger partial charge >= 0.3 is 0 Å². The molecule has 2 atom stereocenters. The molecule has 2 saturated heterocycles. The molecule has 1 aromatic heterocycles. The Labute approximate surface area is 163 Å². The maximum atomic E-state index is 12.7. The summed E-state index contributed by atoms with van der Waals surface area (Å²) in [6.45, 7) is 7.38. The van der Waals surface area contributed by atoms with Crippen molar-refractivity contribution in [2.24, 2.45) is 5.92 Å². The highest BCUT2D eigenvalue weighted by Gasteiger charge is 2.30. The van der Waals surface area contributed by atoms with E-state index < -0.39 is 0 Å². The summed E-state index contributed by atoms with van der Waals surface area (Å²) in [6, 6.07) is 4.70. The van der Waals surface area contributed by atoms with Crippen LogP contribution < -0.4 is 10.2 Å². The molecule has 146 valence electrons. The molecular formula is C19H32ClN5O. The van der Waals surface area contributed by atoms with Crippen molar-refractivity contribution in [2.75, 3.05) is 51.7 Å². The zero-order valence-corrected chi connectivity index (χ0v) is 17.0. The lowest BCUT2D eigenvalue weighted by Gasteiger charge is -2.38. The normalized spacial score (nSPS) is 23.7. The summed E-state index contributed by atoms with van der Waals surface area (Å²) in [4.78, 5) is 23.8. The van der Waals surface area contributed by atoms with E-state index in [4.69, 9.17) is 0 Å². The van der Waals surface area contributed by atoms with E-state index in [2.05, 4.69) is 58.2 Å². The van der Waals surface area contributed by atoms with E-state index in [0.29, 0.717) is 11.9 Å². The minimum Gasteiger partial charge on any atom is -0.353 e. The number of hydrogen-bond donors (Lipinski definition) is 1. The van der Waals surface area contributed by atoms with Crippen LogP contribution >= 0.6 is 12.4 Å². The zero-order valence-electron chi connectivity index (χ0n) is 16.1. The minimum absolute atomic E-state index is 0. The fourth-order valence-corrected chi connectivity index (χ4v) is 3.83. The summed E-state index contributed by atoms with van der Waals surface area (Å²) in [7, 11) is 4.13. The average Bonchev–Trinajstić information content (AvgIpc) is 2.61. The molecule has 1 aromatic rings. The SMILES string of the molecule is C[C@H]1C[C@@H](C(=O)N2CCN(c3ccc(CN(C)C)cn3)CC2)CCN1.Cl. The lowest BCUT2D eigenvalue weighted by Crippen LogP contribution is -2.52. The highest BCUT2D eigenvalue weighted by atomic mass is 35.5. The molecule has 26 heavy (non-hydrogen) atoms. The van der Waals surface area contributed by atoms with E-state index in [-0.39, 0.29) is 18.3 Å². The highest BCUT2D eigenvalue weighted by Crippen LogP contribution is 2.21. The average molecular weight is 382 g/mol. The van der Waals surface area contributed by atoms with Gasteiger partial charge in [-0.1, -0.05) is 6.07 Å². The summed E-state index contributed by atoms with van der Waals surface area (Å²) in [5.74, 6) is 1.57. The van der Waals surface area contributed by atoms with Crippen molar-refractivity contribution in [1.82, 2.24) is 20.1 Å². The predicted molar refractivity (Wildman–Crippen MR) is 108 cm³/mol. The number of aromatic nitrogens is 1. The van der Waals surface area contributed by atoms with Crippen LogP contribution in [0.5, 0.6) is 0 Å². The summed E-state index contributed by atoms with van der Waals surface area (Å²) in [5.41, 5.74) is 1.22. The van der Waals surface area contributed by atoms with Crippen molar-refractivity contribution in [1.29, 1.82) is 0 Å². The van der Waals surface area contributed by atoms with Crippen LogP contribution in [0.4, 0.5) is 5.82 Å². The number of carbonyl (C=O) groups is 1. The molecule has 0 unspecified atom stereocenters. The molecule has 7 heteroatoms. The van der Waals surface area contributed by atoms with Crippen molar-refractivity contribution < 1.29 is 4.79 Å². The number of pyridine rings is 1. The third kappa shape index (κ3) is 5.32. The Morgan fingerprint density at radius 3 is 2.58 bits per heavy atom. The highest BCUT2D eigenvalue weighted by molar-refractivity contribution is 5.85. The molecule has 0 spiro atoms. The molecule has 0 radical (unpaired) electrons. The second kappa shape index (κ2) is 9.53. The molecule has 0 bridgehead atoms. The largest absolute Gasteiger partial charge is 0.353 e. The van der Waals surface area contributed by atoms with Gasteiger partial charge in [-0.25, -0.2) is 4.98 Å². The van der Waals surface area contributed by atoms with Crippen molar-refractivity contribution in [2.45, 2.75) is 32.4 Å². The number of halogens is 1. The zero-order chi connectivity index (χ0) is 17.8. The fourth-order valence-electron chi connectivity index (χ4n) is 3.83. The molecule has 2 aliphatic rings. The van der Waals surface area contributed by atoms with Gasteiger partial charge in [-0.05, 0) is 52.0 Å². The number of carbonyl (C=O) groups excluding carboxylic acids is 1. The minimum atomic E-state index is 0. The van der Waals surface area contributed by atoms with E-state index in [1.807, 2.05) is 6.20 Å². The van der Waals surface area contributed by atoms with Crippen LogP contribution in [0.2, 0.25) is 0 Å². The van der Waals surface area contributed by atoms with Gasteiger partial charge in [-0.15, -0.1) is 12.4 Å². The van der Waals surface area contributed by atoms with Crippen molar-refractivity contribution in [3.63, 3.8) is 0 Å². The van der Waals surface area contributed by atoms with Crippen LogP contribution in [-0.4, -0.2) is 73.6 Å². The molecule has 0 saturated carbocycles. The van der Waals surface area contributed by atoms with E-state index in [1.165, 1.54) is 5.56 Å². The van der Waals surface area contributed by atoms with Crippen molar-refractivity contribution in [3.8, 4) is 0 Å². The summed E-state index contributed by atoms with van der Waals surface area (Å²) in [5, 5.41) is 3.42. The van der Waals surface area contributed by atoms with Crippen molar-refractivity contribution >= 4 is 24.1 Å². The van der Waals surface area contributed by atoms with Crippen LogP contribution in [0.15, 0.2) is 18.3 Å². The summed E-state index contributed by atoms with van der Waals surface area (Å²) >= 11 is 0. The molecule has 2 aliphatic heterocycles. The number of amides is 1. The number of rotatable bonds is 4. The van der Waals surface area contributed by atoms with Gasteiger partial charge in [0, 0.05) is 50.9 Å². The quantitative estimate of drug-likeness (QED) is 0.858. The maximum Gasteiger partial charge on any atom is 0.225 e. The van der Waals surface area contributed by atoms with Gasteiger partial charge in [-0.2, -0.15) is 0 Å². The van der Waals surface area contributed by atoms with Crippen LogP contribution in [0.25, 0.3) is 0 Å². The standard InChI is InChI=1S/C19H31N5O.ClH/c1-15-12-17(6-7-20-15)19(25)24-10-8-23(9-11-24)18-5-4-16(13-21-18)14-22(2)3;/h4-5,13,15,17,20H,6-12,14H2,1-3H3;1H/t15-,17-;/m0./s1. The van der Waals surface area contributed by atoms with Crippen molar-refractivity contribution in [3.05, 3.63) is 23.9 Å². The Hall–Kier alpha value is -1.37. The fraction of sp³-hybridized carbons (Fsp3) is 0.684. The Morgan fingerprint density at radius 2 is 2.00 bits per heavy atom. The molecule has 1 amide bonds. The van der Waals surface area contributed by atoms with Crippen LogP contribution in [-0.2, 0) is 11.3 Å². The molecule has 3 rings (SSSR count). The Bertz CT molecular complexity index is 572. The van der Waals surface area contributed by atoms with E-state index in [9.17, 15) is 4.79 Å². The summed E-state index contributed by atoms with van der Waals surface area (Å²) < 4.78 is 0. The van der Waals surface area contributed by atoms with E-state index in [1.54, 1.807) is 0 Å². The van der Waals surface area contributed by atoms with Gasteiger partial charge in [-0.3, -0.25) is 4.79 Å². The van der Waals surface area contributed by atoms with Crippen LogP contribution in [0.3, 0.4) is 0 Å². The Balaban J connectivity index is 0.00000243. The van der Waals surface area contributed by atoms with E-state index >= 15 is 0 Å². The second-order valence-electron chi connectivity index (χ2n) is 7.65. The van der Waals surface area contributed by atoms with Gasteiger partial charge in [0.05, 0.1) is 0 Å². The molecule has 3 heterocycles. The lowest BCUT2D eigenvalue weighted by atomic mass is 9.92. The predicted octanol–water partition coefficient (Wildman–Crippen LogP) is 1.60. The van der Waals surface area contributed by atoms with Gasteiger partial charge in [0.1, 0.15) is 5.82 Å². The number of piperidine rings is 1. The number of nitrogens with zero attached hydrogens (tertiary/aromatic N) is 4. The first-order chi connectivity index (χ1) is 12.0. The van der Waals surface area contributed by atoms with Crippen LogP contribution in [0.1, 0.15) is 25.3 Å². The molecule has 6 nitrogen and oxygen atoms in total. The smallest absolute Gasteiger partial charge is 0.225 e. The third-order valence-electron chi connectivity index (χ3n) is 5.20. The molecule has 2 fully saturated rings. The monoisotopic (exact) mass is 381 g/mol. The molecule has 0 aliphatic carbocycles. The third-order valence-corrected chi connectivity index (χ3v) is 5.20. The number of nitrogens with one attached hydrogen (secondary N) is 1. The molecule has 1 N–H and O–H groups in total. The second-order valence-corrected chi connectivity index (χ2v) is 7.65. The number of piperazine rings is 1. The Morgan fingerprint density at radius 1 is 1.27 bits per heavy atom. The maximum absolute atomic E-state index is 12.7. The topological polar surface area (TPSA) is 51.7 Å². The molecular weight excluding hydrogens is 350 g/mol. The first-order valence-electron chi connectivity index (χ1n) is 9.39. The first kappa shape index (κ1) is 20.9. The Kier molecular flexibility index (Phi) is 7.68. The first-order valence-corrected chi connectivity index (χ1v) is 9.39. The molecule has 0 aromatic carbocycles. The van der Waals surface area contributed by atoms with Gasteiger partial charge in [0.15, 0.2) is 0 Å². The number of anilines is 1. The van der Waals surface area contributed by atoms with Crippen LogP contribution in [0, 0.1) is 5.92 Å². The van der Waals surface area contributed by atoms with Gasteiger partial charge in [0.2, 0.25) is 5.91 Å². The van der Waals surface area contributed by atoms with E-state index in [0.717, 1.165) is 57.9 Å². The van der Waals surface area contributed by atoms with Gasteiger partial charge < -0.3 is 20.0 Å².